The highest BCUT2D eigenvalue weighted by Crippen LogP contribution is 2.22. The summed E-state index contributed by atoms with van der Waals surface area (Å²) in [7, 11) is 0. The van der Waals surface area contributed by atoms with E-state index in [1.165, 1.54) is 5.56 Å². The van der Waals surface area contributed by atoms with Crippen molar-refractivity contribution in [2.45, 2.75) is 39.5 Å². The lowest BCUT2D eigenvalue weighted by molar-refractivity contribution is 0.613. The molecule has 0 heterocycles. The van der Waals surface area contributed by atoms with Crippen LogP contribution in [0.2, 0.25) is 0 Å². The number of allylic oxidation sites excluding steroid dienone is 2. The van der Waals surface area contributed by atoms with Gasteiger partial charge in [0.05, 0.1) is 0 Å². The van der Waals surface area contributed by atoms with Crippen molar-refractivity contribution in [1.29, 1.82) is 0 Å². The predicted molar refractivity (Wildman–Crippen MR) is 121 cm³/mol. The van der Waals surface area contributed by atoms with Gasteiger partial charge in [0.25, 0.3) is 0 Å². The van der Waals surface area contributed by atoms with Crippen LogP contribution in [0, 0.1) is 17.7 Å². The molecule has 0 aliphatic heterocycles. The fourth-order valence-electron chi connectivity index (χ4n) is 3.19. The third-order valence-electron chi connectivity index (χ3n) is 4.96. The van der Waals surface area contributed by atoms with Gasteiger partial charge in [0.2, 0.25) is 0 Å². The number of benzene rings is 3. The average Bonchev–Trinajstić information content (AvgIpc) is 2.76. The molecule has 0 radical (unpaired) electrons. The summed E-state index contributed by atoms with van der Waals surface area (Å²) in [5, 5.41) is 0. The van der Waals surface area contributed by atoms with Gasteiger partial charge in [-0.3, -0.25) is 0 Å². The van der Waals surface area contributed by atoms with Crippen LogP contribution in [0.3, 0.4) is 0 Å². The van der Waals surface area contributed by atoms with Crippen molar-refractivity contribution in [3.8, 4) is 23.0 Å². The van der Waals surface area contributed by atoms with E-state index >= 15 is 0 Å². The third kappa shape index (κ3) is 5.93. The van der Waals surface area contributed by atoms with Gasteiger partial charge in [0.15, 0.2) is 0 Å². The SMILES string of the molecule is CC/C=C/CCc1ccc(C#Cc2ccc(-c3ccc(CC)c(F)c3)cc2)cc1. The van der Waals surface area contributed by atoms with Crippen LogP contribution in [0.5, 0.6) is 0 Å². The first-order valence-corrected chi connectivity index (χ1v) is 10.3. The summed E-state index contributed by atoms with van der Waals surface area (Å²) >= 11 is 0. The Hall–Kier alpha value is -3.11. The molecule has 0 atom stereocenters. The Morgan fingerprint density at radius 1 is 0.759 bits per heavy atom. The molecule has 0 N–H and O–H groups in total. The lowest BCUT2D eigenvalue weighted by atomic mass is 10.0. The Labute approximate surface area is 174 Å². The Balaban J connectivity index is 1.65. The van der Waals surface area contributed by atoms with Crippen LogP contribution in [0.15, 0.2) is 78.9 Å². The van der Waals surface area contributed by atoms with Crippen LogP contribution in [-0.2, 0) is 12.8 Å². The van der Waals surface area contributed by atoms with E-state index in [0.29, 0.717) is 6.42 Å². The summed E-state index contributed by atoms with van der Waals surface area (Å²) in [6.07, 6.45) is 8.39. The quantitative estimate of drug-likeness (QED) is 0.309. The van der Waals surface area contributed by atoms with Gasteiger partial charge in [-0.2, -0.15) is 0 Å². The van der Waals surface area contributed by atoms with Crippen molar-refractivity contribution in [2.75, 3.05) is 0 Å². The van der Waals surface area contributed by atoms with E-state index in [0.717, 1.165) is 47.1 Å². The molecule has 0 spiro atoms. The van der Waals surface area contributed by atoms with E-state index < -0.39 is 0 Å². The molecule has 3 rings (SSSR count). The van der Waals surface area contributed by atoms with Crippen LogP contribution in [0.1, 0.15) is 48.9 Å². The van der Waals surface area contributed by atoms with E-state index in [1.807, 2.05) is 43.3 Å². The van der Waals surface area contributed by atoms with Crippen LogP contribution >= 0.6 is 0 Å². The van der Waals surface area contributed by atoms with Crippen LogP contribution < -0.4 is 0 Å². The summed E-state index contributed by atoms with van der Waals surface area (Å²) in [6.45, 7) is 4.12. The van der Waals surface area contributed by atoms with Crippen LogP contribution in [-0.4, -0.2) is 0 Å². The Kier molecular flexibility index (Phi) is 7.42. The summed E-state index contributed by atoms with van der Waals surface area (Å²) in [5.41, 5.74) is 5.94. The largest absolute Gasteiger partial charge is 0.207 e. The molecule has 0 unspecified atom stereocenters. The molecule has 0 aromatic heterocycles. The highest BCUT2D eigenvalue weighted by atomic mass is 19.1. The first-order valence-electron chi connectivity index (χ1n) is 10.3. The van der Waals surface area contributed by atoms with Crippen molar-refractivity contribution in [1.82, 2.24) is 0 Å². The van der Waals surface area contributed by atoms with Gasteiger partial charge in [-0.15, -0.1) is 0 Å². The molecule has 0 nitrogen and oxygen atoms in total. The molecule has 0 saturated heterocycles. The number of hydrogen-bond acceptors (Lipinski definition) is 0. The fraction of sp³-hybridized carbons (Fsp3) is 0.214. The summed E-state index contributed by atoms with van der Waals surface area (Å²) in [6, 6.07) is 21.9. The van der Waals surface area contributed by atoms with E-state index in [-0.39, 0.29) is 5.82 Å². The summed E-state index contributed by atoms with van der Waals surface area (Å²) in [4.78, 5) is 0. The highest BCUT2D eigenvalue weighted by Gasteiger charge is 2.03. The number of rotatable bonds is 6. The van der Waals surface area contributed by atoms with E-state index in [2.05, 4.69) is 55.2 Å². The molecule has 29 heavy (non-hydrogen) atoms. The highest BCUT2D eigenvalue weighted by molar-refractivity contribution is 5.65. The van der Waals surface area contributed by atoms with Crippen molar-refractivity contribution >= 4 is 0 Å². The molecular weight excluding hydrogens is 355 g/mol. The van der Waals surface area contributed by atoms with Gasteiger partial charge in [-0.1, -0.05) is 74.2 Å². The molecule has 3 aromatic rings. The maximum absolute atomic E-state index is 14.0. The minimum absolute atomic E-state index is 0.140. The molecule has 3 aromatic carbocycles. The Morgan fingerprint density at radius 2 is 1.38 bits per heavy atom. The monoisotopic (exact) mass is 382 g/mol. The van der Waals surface area contributed by atoms with Crippen molar-refractivity contribution in [3.05, 3.63) is 107 Å². The normalized spacial score (nSPS) is 10.7. The second-order valence-corrected chi connectivity index (χ2v) is 7.10. The molecule has 0 aliphatic rings. The fourth-order valence-corrected chi connectivity index (χ4v) is 3.19. The Bertz CT molecular complexity index is 1010. The average molecular weight is 383 g/mol. The molecule has 0 amide bonds. The maximum atomic E-state index is 14.0. The molecule has 0 saturated carbocycles. The molecule has 0 bridgehead atoms. The van der Waals surface area contributed by atoms with Gasteiger partial charge < -0.3 is 0 Å². The minimum Gasteiger partial charge on any atom is -0.207 e. The first-order chi connectivity index (χ1) is 14.2. The molecule has 1 heteroatoms. The van der Waals surface area contributed by atoms with Crippen molar-refractivity contribution < 1.29 is 4.39 Å². The number of halogens is 1. The third-order valence-corrected chi connectivity index (χ3v) is 4.96. The number of hydrogen-bond donors (Lipinski definition) is 0. The molecule has 146 valence electrons. The van der Waals surface area contributed by atoms with E-state index in [9.17, 15) is 4.39 Å². The van der Waals surface area contributed by atoms with Crippen LogP contribution in [0.25, 0.3) is 11.1 Å². The lowest BCUT2D eigenvalue weighted by Crippen LogP contribution is -1.88. The van der Waals surface area contributed by atoms with E-state index in [4.69, 9.17) is 0 Å². The van der Waals surface area contributed by atoms with E-state index in [1.54, 1.807) is 6.07 Å². The molecule has 0 fully saturated rings. The molecular formula is C28H27F. The predicted octanol–water partition coefficient (Wildman–Crippen LogP) is 7.35. The zero-order valence-electron chi connectivity index (χ0n) is 17.2. The second-order valence-electron chi connectivity index (χ2n) is 7.10. The minimum atomic E-state index is -0.140. The van der Waals surface area contributed by atoms with Crippen LogP contribution in [0.4, 0.5) is 4.39 Å². The zero-order valence-corrected chi connectivity index (χ0v) is 17.2. The van der Waals surface area contributed by atoms with Crippen molar-refractivity contribution in [3.63, 3.8) is 0 Å². The summed E-state index contributed by atoms with van der Waals surface area (Å²) < 4.78 is 14.0. The Morgan fingerprint density at radius 3 is 1.97 bits per heavy atom. The molecule has 0 aliphatic carbocycles. The maximum Gasteiger partial charge on any atom is 0.127 e. The van der Waals surface area contributed by atoms with Gasteiger partial charge >= 0.3 is 0 Å². The zero-order chi connectivity index (χ0) is 20.5. The standard InChI is InChI=1S/C28H27F/c1-3-5-6-7-8-22-9-11-23(12-10-22)13-14-24-15-17-26(18-16-24)27-20-19-25(4-2)28(29)21-27/h5-6,9-12,15-21H,3-4,7-8H2,1-2H3/b6-5+. The van der Waals surface area contributed by atoms with Crippen molar-refractivity contribution in [2.24, 2.45) is 0 Å². The summed E-state index contributed by atoms with van der Waals surface area (Å²) in [5.74, 6) is 6.30. The van der Waals surface area contributed by atoms with Gasteiger partial charge in [-0.25, -0.2) is 4.39 Å². The topological polar surface area (TPSA) is 0 Å². The van der Waals surface area contributed by atoms with Gasteiger partial charge in [-0.05, 0) is 78.3 Å². The van der Waals surface area contributed by atoms with Gasteiger partial charge in [0.1, 0.15) is 5.82 Å². The second kappa shape index (κ2) is 10.4. The smallest absolute Gasteiger partial charge is 0.127 e. The van der Waals surface area contributed by atoms with Gasteiger partial charge in [0, 0.05) is 11.1 Å². The lowest BCUT2D eigenvalue weighted by Gasteiger charge is -2.05. The first kappa shape index (κ1) is 20.6. The number of aryl methyl sites for hydroxylation is 2.